The van der Waals surface area contributed by atoms with E-state index < -0.39 is 0 Å². The van der Waals surface area contributed by atoms with Crippen molar-refractivity contribution in [3.63, 3.8) is 0 Å². The number of amides is 1. The average Bonchev–Trinajstić information content (AvgIpc) is 2.53. The molecule has 2 aromatic carbocycles. The van der Waals surface area contributed by atoms with E-state index >= 15 is 0 Å². The van der Waals surface area contributed by atoms with E-state index in [0.29, 0.717) is 6.54 Å². The number of phenolic OH excluding ortho intramolecular Hbond substituents is 1. The maximum Gasteiger partial charge on any atom is 0.235 e. The summed E-state index contributed by atoms with van der Waals surface area (Å²) in [7, 11) is 1.77. The fraction of sp³-hybridized carbons (Fsp3) is 0.235. The van der Waals surface area contributed by atoms with Gasteiger partial charge in [-0.3, -0.25) is 4.79 Å². The second-order valence-corrected chi connectivity index (χ2v) is 5.30. The quantitative estimate of drug-likeness (QED) is 0.888. The lowest BCUT2D eigenvalue weighted by Gasteiger charge is -2.29. The lowest BCUT2D eigenvalue weighted by molar-refractivity contribution is -0.119. The van der Waals surface area contributed by atoms with Crippen LogP contribution in [0.15, 0.2) is 48.5 Å². The van der Waals surface area contributed by atoms with Crippen LogP contribution < -0.4 is 10.2 Å². The predicted octanol–water partition coefficient (Wildman–Crippen LogP) is 2.24. The van der Waals surface area contributed by atoms with E-state index in [1.165, 1.54) is 5.56 Å². The van der Waals surface area contributed by atoms with E-state index in [1.54, 1.807) is 36.2 Å². The van der Waals surface area contributed by atoms with Gasteiger partial charge in [-0.2, -0.15) is 0 Å². The molecule has 21 heavy (non-hydrogen) atoms. The van der Waals surface area contributed by atoms with Crippen molar-refractivity contribution in [2.24, 2.45) is 0 Å². The number of nitrogens with zero attached hydrogens (tertiary/aromatic N) is 1. The van der Waals surface area contributed by atoms with Crippen molar-refractivity contribution in [2.75, 3.05) is 18.5 Å². The van der Waals surface area contributed by atoms with Crippen LogP contribution >= 0.6 is 0 Å². The Morgan fingerprint density at radius 1 is 1.19 bits per heavy atom. The Hall–Kier alpha value is -2.33. The smallest absolute Gasteiger partial charge is 0.235 e. The van der Waals surface area contributed by atoms with Gasteiger partial charge in [-0.1, -0.05) is 24.3 Å². The highest BCUT2D eigenvalue weighted by Crippen LogP contribution is 2.27. The van der Waals surface area contributed by atoms with Crippen LogP contribution in [0.2, 0.25) is 0 Å². The largest absolute Gasteiger partial charge is 0.508 e. The lowest BCUT2D eigenvalue weighted by atomic mass is 9.90. The van der Waals surface area contributed by atoms with Gasteiger partial charge >= 0.3 is 0 Å². The Balaban J connectivity index is 1.87. The summed E-state index contributed by atoms with van der Waals surface area (Å²) in [6.07, 6.45) is 0. The minimum atomic E-state index is -0.172. The predicted molar refractivity (Wildman–Crippen MR) is 82.4 cm³/mol. The minimum absolute atomic E-state index is 0.0559. The molecule has 4 nitrogen and oxygen atoms in total. The van der Waals surface area contributed by atoms with Crippen molar-refractivity contribution in [3.05, 3.63) is 59.7 Å². The highest BCUT2D eigenvalue weighted by molar-refractivity contribution is 5.98. The number of phenols is 1. The zero-order chi connectivity index (χ0) is 14.8. The minimum Gasteiger partial charge on any atom is -0.508 e. The van der Waals surface area contributed by atoms with Gasteiger partial charge in [0.15, 0.2) is 0 Å². The highest BCUT2D eigenvalue weighted by Gasteiger charge is 2.28. The van der Waals surface area contributed by atoms with Gasteiger partial charge in [-0.15, -0.1) is 0 Å². The van der Waals surface area contributed by atoms with Crippen LogP contribution in [0.5, 0.6) is 5.75 Å². The second kappa shape index (κ2) is 5.58. The summed E-state index contributed by atoms with van der Waals surface area (Å²) in [6, 6.07) is 14.7. The van der Waals surface area contributed by atoms with Crippen LogP contribution in [0.4, 0.5) is 5.69 Å². The number of carbonyl (C=O) groups is 1. The van der Waals surface area contributed by atoms with Crippen LogP contribution in [0.25, 0.3) is 0 Å². The third-order valence-corrected chi connectivity index (χ3v) is 3.96. The molecule has 0 aromatic heterocycles. The lowest BCUT2D eigenvalue weighted by Crippen LogP contribution is -2.39. The number of likely N-dealkylation sites (N-methyl/N-ethyl adjacent to an activating group) is 1. The van der Waals surface area contributed by atoms with Gasteiger partial charge in [0.1, 0.15) is 5.75 Å². The van der Waals surface area contributed by atoms with E-state index in [4.69, 9.17) is 0 Å². The Kier molecular flexibility index (Phi) is 3.62. The zero-order valence-electron chi connectivity index (χ0n) is 11.9. The number of hydrogen-bond donors (Lipinski definition) is 2. The first-order valence-corrected chi connectivity index (χ1v) is 7.02. The van der Waals surface area contributed by atoms with Gasteiger partial charge in [-0.05, 0) is 35.4 Å². The molecule has 2 N–H and O–H groups in total. The normalized spacial score (nSPS) is 17.1. The molecular formula is C17H18N2O2. The second-order valence-electron chi connectivity index (χ2n) is 5.30. The van der Waals surface area contributed by atoms with Crippen LogP contribution in [0.3, 0.4) is 0 Å². The molecule has 0 spiro atoms. The van der Waals surface area contributed by atoms with Crippen molar-refractivity contribution in [1.29, 1.82) is 0 Å². The number of aromatic hydroxyl groups is 1. The molecule has 0 fully saturated rings. The van der Waals surface area contributed by atoms with Gasteiger partial charge in [0.25, 0.3) is 0 Å². The van der Waals surface area contributed by atoms with Gasteiger partial charge in [-0.25, -0.2) is 0 Å². The highest BCUT2D eigenvalue weighted by atomic mass is 16.3. The Morgan fingerprint density at radius 3 is 2.67 bits per heavy atom. The van der Waals surface area contributed by atoms with E-state index in [0.717, 1.165) is 17.8 Å². The number of carbonyl (C=O) groups excluding carboxylic acids is 1. The van der Waals surface area contributed by atoms with Crippen LogP contribution in [-0.2, 0) is 11.3 Å². The number of nitrogens with one attached hydrogen (secondary N) is 1. The Labute approximate surface area is 124 Å². The van der Waals surface area contributed by atoms with Crippen LogP contribution in [-0.4, -0.2) is 24.6 Å². The van der Waals surface area contributed by atoms with E-state index in [-0.39, 0.29) is 17.6 Å². The average molecular weight is 282 g/mol. The van der Waals surface area contributed by atoms with Crippen molar-refractivity contribution in [3.8, 4) is 5.75 Å². The molecule has 0 radical (unpaired) electrons. The first kappa shape index (κ1) is 13.6. The summed E-state index contributed by atoms with van der Waals surface area (Å²) < 4.78 is 0. The van der Waals surface area contributed by atoms with Gasteiger partial charge < -0.3 is 15.3 Å². The zero-order valence-corrected chi connectivity index (χ0v) is 11.9. The standard InChI is InChI=1S/C17H18N2O2/c1-19(13-6-8-14(20)9-7-13)17(21)16-11-18-10-12-4-2-3-5-15(12)16/h2-9,16,18,20H,10-11H2,1H3. The summed E-state index contributed by atoms with van der Waals surface area (Å²) in [5.74, 6) is 0.0818. The van der Waals surface area contributed by atoms with Crippen molar-refractivity contribution < 1.29 is 9.90 Å². The molecule has 1 unspecified atom stereocenters. The number of anilines is 1. The summed E-state index contributed by atoms with van der Waals surface area (Å²) in [4.78, 5) is 14.4. The molecule has 0 aliphatic carbocycles. The summed E-state index contributed by atoms with van der Waals surface area (Å²) >= 11 is 0. The molecule has 3 rings (SSSR count). The van der Waals surface area contributed by atoms with Gasteiger partial charge in [0.2, 0.25) is 5.91 Å². The van der Waals surface area contributed by atoms with Gasteiger partial charge in [0.05, 0.1) is 5.92 Å². The molecule has 0 saturated heterocycles. The Morgan fingerprint density at radius 2 is 1.90 bits per heavy atom. The van der Waals surface area contributed by atoms with Gasteiger partial charge in [0, 0.05) is 25.8 Å². The fourth-order valence-corrected chi connectivity index (χ4v) is 2.75. The number of rotatable bonds is 2. The van der Waals surface area contributed by atoms with E-state index in [2.05, 4.69) is 11.4 Å². The Bertz CT molecular complexity index is 652. The fourth-order valence-electron chi connectivity index (χ4n) is 2.75. The number of benzene rings is 2. The molecule has 0 bridgehead atoms. The molecule has 1 amide bonds. The summed E-state index contributed by atoms with van der Waals surface area (Å²) in [5.41, 5.74) is 3.06. The van der Waals surface area contributed by atoms with Crippen LogP contribution in [0.1, 0.15) is 17.0 Å². The summed E-state index contributed by atoms with van der Waals surface area (Å²) in [6.45, 7) is 1.46. The molecule has 4 heteroatoms. The molecule has 1 aliphatic heterocycles. The topological polar surface area (TPSA) is 52.6 Å². The third-order valence-electron chi connectivity index (χ3n) is 3.96. The molecular weight excluding hydrogens is 264 g/mol. The molecule has 1 heterocycles. The monoisotopic (exact) mass is 282 g/mol. The maximum absolute atomic E-state index is 12.8. The van der Waals surface area contributed by atoms with Crippen molar-refractivity contribution in [1.82, 2.24) is 5.32 Å². The van der Waals surface area contributed by atoms with E-state index in [9.17, 15) is 9.90 Å². The van der Waals surface area contributed by atoms with Crippen molar-refractivity contribution >= 4 is 11.6 Å². The first-order chi connectivity index (χ1) is 10.2. The third kappa shape index (κ3) is 2.62. The van der Waals surface area contributed by atoms with Crippen LogP contribution in [0, 0.1) is 0 Å². The van der Waals surface area contributed by atoms with E-state index in [1.807, 2.05) is 18.2 Å². The maximum atomic E-state index is 12.8. The molecule has 1 aliphatic rings. The summed E-state index contributed by atoms with van der Waals surface area (Å²) in [5, 5.41) is 12.6. The number of hydrogen-bond acceptors (Lipinski definition) is 3. The van der Waals surface area contributed by atoms with Crippen molar-refractivity contribution in [2.45, 2.75) is 12.5 Å². The molecule has 2 aromatic rings. The molecule has 1 atom stereocenters. The molecule has 0 saturated carbocycles. The molecule has 108 valence electrons. The number of fused-ring (bicyclic) bond motifs is 1. The first-order valence-electron chi connectivity index (χ1n) is 7.02. The SMILES string of the molecule is CN(C(=O)C1CNCc2ccccc21)c1ccc(O)cc1.